The number of hydrogen-bond acceptors (Lipinski definition) is 7. The van der Waals surface area contributed by atoms with E-state index in [4.69, 9.17) is 9.26 Å². The average Bonchev–Trinajstić information content (AvgIpc) is 3.26. The van der Waals surface area contributed by atoms with E-state index < -0.39 is 15.7 Å². The number of methoxy groups -OCH3 is 1. The molecule has 0 aliphatic heterocycles. The number of sulfone groups is 1. The molecular formula is C15H17N3O5S. The molecule has 1 heterocycles. The predicted octanol–water partition coefficient (Wildman–Crippen LogP) is 0.987. The second-order valence-corrected chi connectivity index (χ2v) is 7.62. The molecule has 1 aromatic carbocycles. The summed E-state index contributed by atoms with van der Waals surface area (Å²) >= 11 is 0. The van der Waals surface area contributed by atoms with Gasteiger partial charge < -0.3 is 14.6 Å². The Kier molecular flexibility index (Phi) is 4.52. The summed E-state index contributed by atoms with van der Waals surface area (Å²) in [6.45, 7) is 0. The Bertz CT molecular complexity index is 825. The summed E-state index contributed by atoms with van der Waals surface area (Å²) in [7, 11) is -1.97. The van der Waals surface area contributed by atoms with E-state index in [9.17, 15) is 13.2 Å². The van der Waals surface area contributed by atoms with Crippen molar-refractivity contribution in [2.75, 3.05) is 12.9 Å². The van der Waals surface area contributed by atoms with Crippen LogP contribution in [0.4, 0.5) is 0 Å². The van der Waals surface area contributed by atoms with Gasteiger partial charge in [-0.05, 0) is 37.1 Å². The number of rotatable bonds is 7. The molecule has 9 heteroatoms. The summed E-state index contributed by atoms with van der Waals surface area (Å²) in [5, 5.41) is 6.38. The number of aryl methyl sites for hydroxylation is 1. The fourth-order valence-electron chi connectivity index (χ4n) is 2.05. The Morgan fingerprint density at radius 2 is 2.04 bits per heavy atom. The normalized spacial score (nSPS) is 14.4. The summed E-state index contributed by atoms with van der Waals surface area (Å²) in [6.07, 6.45) is 1.97. The van der Waals surface area contributed by atoms with Crippen LogP contribution in [-0.4, -0.2) is 43.4 Å². The first kappa shape index (κ1) is 16.4. The molecule has 1 aliphatic rings. The second-order valence-electron chi connectivity index (χ2n) is 5.51. The van der Waals surface area contributed by atoms with Crippen LogP contribution in [-0.2, 0) is 16.3 Å². The lowest BCUT2D eigenvalue weighted by molar-refractivity contribution is 0.0907. The van der Waals surface area contributed by atoms with Crippen molar-refractivity contribution in [3.8, 4) is 5.75 Å². The first-order valence-corrected chi connectivity index (χ1v) is 9.13. The van der Waals surface area contributed by atoms with Crippen LogP contribution in [0.15, 0.2) is 33.7 Å². The van der Waals surface area contributed by atoms with E-state index >= 15 is 0 Å². The molecule has 24 heavy (non-hydrogen) atoms. The molecule has 0 radical (unpaired) electrons. The van der Waals surface area contributed by atoms with E-state index in [-0.39, 0.29) is 34.8 Å². The van der Waals surface area contributed by atoms with E-state index in [0.29, 0.717) is 5.75 Å². The van der Waals surface area contributed by atoms with Crippen molar-refractivity contribution < 1.29 is 22.5 Å². The van der Waals surface area contributed by atoms with Crippen molar-refractivity contribution in [3.63, 3.8) is 0 Å². The molecule has 0 bridgehead atoms. The molecule has 0 atom stereocenters. The molecule has 128 valence electrons. The zero-order chi connectivity index (χ0) is 17.2. The number of aromatic nitrogens is 2. The van der Waals surface area contributed by atoms with Crippen LogP contribution in [0.1, 0.15) is 29.4 Å². The average molecular weight is 351 g/mol. The molecule has 2 aromatic rings. The van der Waals surface area contributed by atoms with Gasteiger partial charge >= 0.3 is 11.8 Å². The molecule has 0 saturated heterocycles. The highest BCUT2D eigenvalue weighted by molar-refractivity contribution is 7.91. The number of nitrogens with zero attached hydrogens (tertiary/aromatic N) is 2. The van der Waals surface area contributed by atoms with Crippen molar-refractivity contribution in [2.24, 2.45) is 0 Å². The lowest BCUT2D eigenvalue weighted by Crippen LogP contribution is -2.25. The first-order valence-electron chi connectivity index (χ1n) is 7.48. The highest BCUT2D eigenvalue weighted by atomic mass is 32.2. The van der Waals surface area contributed by atoms with E-state index in [1.807, 2.05) is 0 Å². The van der Waals surface area contributed by atoms with Gasteiger partial charge in [-0.2, -0.15) is 4.98 Å². The number of carbonyl (C=O) groups is 1. The molecular weight excluding hydrogens is 334 g/mol. The van der Waals surface area contributed by atoms with Crippen LogP contribution < -0.4 is 10.1 Å². The van der Waals surface area contributed by atoms with Gasteiger partial charge in [-0.1, -0.05) is 5.16 Å². The van der Waals surface area contributed by atoms with Gasteiger partial charge in [0.15, 0.2) is 15.7 Å². The van der Waals surface area contributed by atoms with Crippen molar-refractivity contribution in [1.29, 1.82) is 0 Å². The maximum atomic E-state index is 12.3. The molecule has 0 unspecified atom stereocenters. The molecule has 1 N–H and O–H groups in total. The van der Waals surface area contributed by atoms with Gasteiger partial charge in [0.25, 0.3) is 0 Å². The van der Waals surface area contributed by atoms with Gasteiger partial charge in [-0.15, -0.1) is 0 Å². The Morgan fingerprint density at radius 3 is 2.67 bits per heavy atom. The summed E-state index contributed by atoms with van der Waals surface area (Å²) in [6, 6.07) is 6.32. The summed E-state index contributed by atoms with van der Waals surface area (Å²) < 4.78 is 34.5. The van der Waals surface area contributed by atoms with Gasteiger partial charge in [0, 0.05) is 12.5 Å². The molecule has 0 spiro atoms. The molecule has 1 saturated carbocycles. The molecule has 1 fully saturated rings. The summed E-state index contributed by atoms with van der Waals surface area (Å²) in [4.78, 5) is 15.9. The lowest BCUT2D eigenvalue weighted by Gasteiger charge is -2.04. The largest absolute Gasteiger partial charge is 0.497 e. The van der Waals surface area contributed by atoms with Gasteiger partial charge in [-0.3, -0.25) is 4.79 Å². The highest BCUT2D eigenvalue weighted by Crippen LogP contribution is 2.19. The number of amides is 1. The SMILES string of the molecule is COc1ccc(S(=O)(=O)CCc2noc(C(=O)NC3CC3)n2)cc1. The highest BCUT2D eigenvalue weighted by Gasteiger charge is 2.26. The maximum Gasteiger partial charge on any atom is 0.315 e. The van der Waals surface area contributed by atoms with Crippen LogP contribution in [0.25, 0.3) is 0 Å². The van der Waals surface area contributed by atoms with E-state index in [2.05, 4.69) is 15.5 Å². The second kappa shape index (κ2) is 6.60. The number of ether oxygens (including phenoxy) is 1. The number of hydrogen-bond donors (Lipinski definition) is 1. The number of nitrogens with one attached hydrogen (secondary N) is 1. The van der Waals surface area contributed by atoms with Gasteiger partial charge in [0.2, 0.25) is 0 Å². The van der Waals surface area contributed by atoms with Crippen LogP contribution in [0.3, 0.4) is 0 Å². The first-order chi connectivity index (χ1) is 11.5. The Hall–Kier alpha value is -2.42. The fraction of sp³-hybridized carbons (Fsp3) is 0.400. The molecule has 1 amide bonds. The zero-order valence-electron chi connectivity index (χ0n) is 13.1. The third kappa shape index (κ3) is 3.91. The lowest BCUT2D eigenvalue weighted by atomic mass is 10.3. The Labute approximate surface area is 139 Å². The maximum absolute atomic E-state index is 12.3. The van der Waals surface area contributed by atoms with Crippen molar-refractivity contribution in [1.82, 2.24) is 15.5 Å². The number of benzene rings is 1. The van der Waals surface area contributed by atoms with Crippen molar-refractivity contribution >= 4 is 15.7 Å². The Balaban J connectivity index is 1.61. The molecule has 8 nitrogen and oxygen atoms in total. The monoisotopic (exact) mass is 351 g/mol. The minimum Gasteiger partial charge on any atom is -0.497 e. The van der Waals surface area contributed by atoms with Gasteiger partial charge in [0.05, 0.1) is 17.8 Å². The van der Waals surface area contributed by atoms with Crippen LogP contribution in [0.5, 0.6) is 5.75 Å². The standard InChI is InChI=1S/C15H17N3O5S/c1-22-11-4-6-12(7-5-11)24(20,21)9-8-13-17-15(23-18-13)14(19)16-10-2-3-10/h4-7,10H,2-3,8-9H2,1H3,(H,16,19). The molecule has 1 aromatic heterocycles. The van der Waals surface area contributed by atoms with Crippen molar-refractivity contribution in [2.45, 2.75) is 30.2 Å². The van der Waals surface area contributed by atoms with Crippen LogP contribution >= 0.6 is 0 Å². The molecule has 1 aliphatic carbocycles. The smallest absolute Gasteiger partial charge is 0.315 e. The minimum absolute atomic E-state index is 0.0641. The number of carbonyl (C=O) groups excluding carboxylic acids is 1. The van der Waals surface area contributed by atoms with E-state index in [1.54, 1.807) is 12.1 Å². The van der Waals surface area contributed by atoms with Gasteiger partial charge in [-0.25, -0.2) is 8.42 Å². The van der Waals surface area contributed by atoms with E-state index in [1.165, 1.54) is 19.2 Å². The Morgan fingerprint density at radius 1 is 1.33 bits per heavy atom. The summed E-state index contributed by atoms with van der Waals surface area (Å²) in [5.74, 6) is 0.0298. The van der Waals surface area contributed by atoms with E-state index in [0.717, 1.165) is 12.8 Å². The molecule has 3 rings (SSSR count). The van der Waals surface area contributed by atoms with Crippen molar-refractivity contribution in [3.05, 3.63) is 36.0 Å². The van der Waals surface area contributed by atoms with Crippen LogP contribution in [0, 0.1) is 0 Å². The topological polar surface area (TPSA) is 111 Å². The third-order valence-corrected chi connectivity index (χ3v) is 5.32. The summed E-state index contributed by atoms with van der Waals surface area (Å²) in [5.41, 5.74) is 0. The zero-order valence-corrected chi connectivity index (χ0v) is 13.9. The quantitative estimate of drug-likeness (QED) is 0.791. The fourth-order valence-corrected chi connectivity index (χ4v) is 3.29. The van der Waals surface area contributed by atoms with Crippen LogP contribution in [0.2, 0.25) is 0 Å². The van der Waals surface area contributed by atoms with Gasteiger partial charge in [0.1, 0.15) is 5.75 Å². The minimum atomic E-state index is -3.48. The predicted molar refractivity (Wildman–Crippen MR) is 83.5 cm³/mol. The third-order valence-electron chi connectivity index (χ3n) is 3.59.